The predicted molar refractivity (Wildman–Crippen MR) is 122 cm³/mol. The van der Waals surface area contributed by atoms with Crippen LogP contribution in [0.2, 0.25) is 0 Å². The highest BCUT2D eigenvalue weighted by Crippen LogP contribution is 2.35. The summed E-state index contributed by atoms with van der Waals surface area (Å²) in [6.45, 7) is 0. The molecule has 1 aliphatic heterocycles. The van der Waals surface area contributed by atoms with Crippen molar-refractivity contribution in [1.82, 2.24) is 5.32 Å². The molecule has 0 unspecified atom stereocenters. The van der Waals surface area contributed by atoms with Gasteiger partial charge in [0.25, 0.3) is 11.6 Å². The van der Waals surface area contributed by atoms with Crippen molar-refractivity contribution in [3.8, 4) is 0 Å². The van der Waals surface area contributed by atoms with Crippen molar-refractivity contribution in [1.29, 1.82) is 0 Å². The number of ether oxygens (including phenoxy) is 1. The molecule has 31 heavy (non-hydrogen) atoms. The number of halogens is 1. The third kappa shape index (κ3) is 6.26. The number of nitrogens with zero attached hydrogens (tertiary/aromatic N) is 3. The Morgan fingerprint density at radius 1 is 1.29 bits per heavy atom. The largest absolute Gasteiger partial charge is 0.466 e. The highest BCUT2D eigenvalue weighted by atomic mass is 79.9. The van der Waals surface area contributed by atoms with Gasteiger partial charge in [-0.1, -0.05) is 33.8 Å². The lowest BCUT2D eigenvalue weighted by Crippen LogP contribution is -2.19. The van der Waals surface area contributed by atoms with Crippen LogP contribution in [0.25, 0.3) is 0 Å². The topological polar surface area (TPSA) is 123 Å². The highest BCUT2D eigenvalue weighted by Gasteiger charge is 2.25. The molecule has 12 heteroatoms. The summed E-state index contributed by atoms with van der Waals surface area (Å²) in [5.74, 6) is -1.15. The minimum absolute atomic E-state index is 0.0589. The van der Waals surface area contributed by atoms with Gasteiger partial charge in [-0.25, -0.2) is 4.79 Å². The number of carbonyl (C=O) groups excluding carboxylic acids is 2. The second-order valence-corrected chi connectivity index (χ2v) is 8.84. The molecule has 0 aliphatic carbocycles. The molecule has 0 radical (unpaired) electrons. The molecule has 2 aromatic carbocycles. The van der Waals surface area contributed by atoms with Crippen molar-refractivity contribution < 1.29 is 19.2 Å². The van der Waals surface area contributed by atoms with Crippen LogP contribution in [-0.2, 0) is 14.3 Å². The van der Waals surface area contributed by atoms with Crippen LogP contribution in [0.1, 0.15) is 5.56 Å². The summed E-state index contributed by atoms with van der Waals surface area (Å²) in [5, 5.41) is 21.9. The van der Waals surface area contributed by atoms with Gasteiger partial charge in [0.1, 0.15) is 0 Å². The van der Waals surface area contributed by atoms with Crippen molar-refractivity contribution in [2.45, 2.75) is 9.79 Å². The molecule has 3 rings (SSSR count). The number of methoxy groups -OCH3 is 1. The van der Waals surface area contributed by atoms with Crippen LogP contribution in [0.15, 0.2) is 77.9 Å². The Labute approximate surface area is 193 Å². The number of nitro groups is 1. The summed E-state index contributed by atoms with van der Waals surface area (Å²) in [7, 11) is 1.21. The number of hydrogen-bond donors (Lipinski definition) is 1. The zero-order chi connectivity index (χ0) is 22.4. The molecular weight excluding hydrogens is 508 g/mol. The monoisotopic (exact) mass is 520 g/mol. The van der Waals surface area contributed by atoms with E-state index in [2.05, 4.69) is 36.2 Å². The third-order valence-corrected chi connectivity index (χ3v) is 6.18. The van der Waals surface area contributed by atoms with Gasteiger partial charge in [-0.2, -0.15) is 5.10 Å². The first-order chi connectivity index (χ1) is 14.9. The van der Waals surface area contributed by atoms with Gasteiger partial charge in [-0.05, 0) is 42.1 Å². The van der Waals surface area contributed by atoms with Gasteiger partial charge >= 0.3 is 5.97 Å². The highest BCUT2D eigenvalue weighted by molar-refractivity contribution is 9.10. The Kier molecular flexibility index (Phi) is 7.60. The van der Waals surface area contributed by atoms with Crippen LogP contribution in [0.3, 0.4) is 0 Å². The van der Waals surface area contributed by atoms with E-state index in [0.29, 0.717) is 10.5 Å². The third-order valence-electron chi connectivity index (χ3n) is 3.68. The van der Waals surface area contributed by atoms with Gasteiger partial charge in [0.2, 0.25) is 0 Å². The molecule has 0 spiro atoms. The van der Waals surface area contributed by atoms with Crippen molar-refractivity contribution in [3.05, 3.63) is 73.6 Å². The number of amides is 1. The van der Waals surface area contributed by atoms with E-state index in [1.807, 2.05) is 24.3 Å². The zero-order valence-corrected chi connectivity index (χ0v) is 19.0. The summed E-state index contributed by atoms with van der Waals surface area (Å²) in [4.78, 5) is 35.6. The quantitative estimate of drug-likeness (QED) is 0.199. The molecule has 1 aliphatic rings. The van der Waals surface area contributed by atoms with Crippen molar-refractivity contribution in [2.24, 2.45) is 10.2 Å². The van der Waals surface area contributed by atoms with E-state index < -0.39 is 16.8 Å². The number of rotatable bonds is 6. The number of nitrogens with one attached hydrogen (secondary N) is 1. The maximum absolute atomic E-state index is 11.8. The molecule has 0 atom stereocenters. The molecule has 1 amide bonds. The molecule has 0 aromatic heterocycles. The van der Waals surface area contributed by atoms with Crippen LogP contribution < -0.4 is 5.32 Å². The fourth-order valence-corrected chi connectivity index (χ4v) is 4.17. The van der Waals surface area contributed by atoms with Gasteiger partial charge in [-0.15, -0.1) is 5.10 Å². The van der Waals surface area contributed by atoms with Gasteiger partial charge < -0.3 is 4.74 Å². The number of esters is 1. The second kappa shape index (κ2) is 10.4. The van der Waals surface area contributed by atoms with Gasteiger partial charge in [0, 0.05) is 27.1 Å². The fraction of sp³-hybridized carbons (Fsp3) is 0.0526. The SMILES string of the molecule is COC(=O)/C=C1/S/C(=N\N=Cc2ccc(Sc3ccc(Br)cc3)c([N+](=O)[O-])c2)NC1=O. The van der Waals surface area contributed by atoms with Crippen LogP contribution in [-0.4, -0.2) is 35.3 Å². The molecule has 1 N–H and O–H groups in total. The Morgan fingerprint density at radius 2 is 2.03 bits per heavy atom. The summed E-state index contributed by atoms with van der Waals surface area (Å²) in [6, 6.07) is 12.2. The van der Waals surface area contributed by atoms with E-state index in [0.717, 1.165) is 27.2 Å². The van der Waals surface area contributed by atoms with E-state index in [1.165, 1.54) is 31.2 Å². The fourth-order valence-electron chi connectivity index (χ4n) is 2.26. The number of hydrogen-bond acceptors (Lipinski definition) is 9. The Hall–Kier alpha value is -2.96. The lowest BCUT2D eigenvalue weighted by Gasteiger charge is -2.04. The Morgan fingerprint density at radius 3 is 2.71 bits per heavy atom. The molecule has 1 fully saturated rings. The summed E-state index contributed by atoms with van der Waals surface area (Å²) in [6.07, 6.45) is 2.39. The maximum Gasteiger partial charge on any atom is 0.331 e. The van der Waals surface area contributed by atoms with Gasteiger partial charge in [-0.3, -0.25) is 20.2 Å². The van der Waals surface area contributed by atoms with Crippen LogP contribution in [0, 0.1) is 10.1 Å². The average Bonchev–Trinajstić information content (AvgIpc) is 3.09. The number of carbonyl (C=O) groups is 2. The van der Waals surface area contributed by atoms with E-state index in [1.54, 1.807) is 12.1 Å². The van der Waals surface area contributed by atoms with Gasteiger partial charge in [0.15, 0.2) is 5.17 Å². The first-order valence-electron chi connectivity index (χ1n) is 8.47. The number of amidine groups is 1. The first-order valence-corrected chi connectivity index (χ1v) is 10.9. The van der Waals surface area contributed by atoms with E-state index in [-0.39, 0.29) is 15.8 Å². The minimum Gasteiger partial charge on any atom is -0.466 e. The van der Waals surface area contributed by atoms with Crippen LogP contribution in [0.4, 0.5) is 5.69 Å². The van der Waals surface area contributed by atoms with Gasteiger partial charge in [0.05, 0.1) is 28.0 Å². The maximum atomic E-state index is 11.8. The van der Waals surface area contributed by atoms with E-state index in [9.17, 15) is 19.7 Å². The number of benzene rings is 2. The molecule has 1 heterocycles. The normalized spacial score (nSPS) is 16.1. The second-order valence-electron chi connectivity index (χ2n) is 5.78. The van der Waals surface area contributed by atoms with Crippen molar-refractivity contribution in [3.63, 3.8) is 0 Å². The van der Waals surface area contributed by atoms with E-state index >= 15 is 0 Å². The van der Waals surface area contributed by atoms with E-state index in [4.69, 9.17) is 0 Å². The lowest BCUT2D eigenvalue weighted by molar-refractivity contribution is -0.387. The van der Waals surface area contributed by atoms with Crippen molar-refractivity contribution >= 4 is 68.4 Å². The Balaban J connectivity index is 1.75. The van der Waals surface area contributed by atoms with Crippen LogP contribution >= 0.6 is 39.5 Å². The molecule has 1 saturated heterocycles. The molecule has 0 saturated carbocycles. The molecular formula is C19H13BrN4O5S2. The van der Waals surface area contributed by atoms with Crippen LogP contribution in [0.5, 0.6) is 0 Å². The number of nitro benzene ring substituents is 1. The molecule has 0 bridgehead atoms. The summed E-state index contributed by atoms with van der Waals surface area (Å²) >= 11 is 5.57. The summed E-state index contributed by atoms with van der Waals surface area (Å²) < 4.78 is 5.40. The molecule has 9 nitrogen and oxygen atoms in total. The first kappa shape index (κ1) is 22.7. The number of thioether (sulfide) groups is 1. The minimum atomic E-state index is -0.657. The Bertz CT molecular complexity index is 1130. The summed E-state index contributed by atoms with van der Waals surface area (Å²) in [5.41, 5.74) is 0.409. The standard InChI is InChI=1S/C19H13BrN4O5S2/c1-29-17(25)9-16-18(26)22-19(31-16)23-21-10-11-2-7-15(14(8-11)24(27)28)30-13-5-3-12(20)4-6-13/h2-10H,1H3,(H,22,23,26)/b16-9+,21-10?. The smallest absolute Gasteiger partial charge is 0.331 e. The van der Waals surface area contributed by atoms with Crippen molar-refractivity contribution in [2.75, 3.05) is 7.11 Å². The lowest BCUT2D eigenvalue weighted by atomic mass is 10.2. The zero-order valence-electron chi connectivity index (χ0n) is 15.8. The molecule has 158 valence electrons. The molecule has 2 aromatic rings. The average molecular weight is 521 g/mol. The predicted octanol–water partition coefficient (Wildman–Crippen LogP) is 4.12.